The Balaban J connectivity index is 1.45. The highest BCUT2D eigenvalue weighted by Crippen LogP contribution is 2.34. The second kappa shape index (κ2) is 8.00. The molecule has 0 unspecified atom stereocenters. The lowest BCUT2D eigenvalue weighted by atomic mass is 10.1. The third-order valence-corrected chi connectivity index (χ3v) is 5.27. The van der Waals surface area contributed by atoms with Gasteiger partial charge in [-0.1, -0.05) is 6.07 Å². The first-order valence-corrected chi connectivity index (χ1v) is 9.69. The fourth-order valence-corrected chi connectivity index (χ4v) is 3.64. The molecule has 2 aromatic rings. The molecule has 1 aliphatic carbocycles. The molecule has 0 radical (unpaired) electrons. The van der Waals surface area contributed by atoms with Crippen molar-refractivity contribution in [3.8, 4) is 23.0 Å². The quantitative estimate of drug-likeness (QED) is 0.808. The number of benzene rings is 2. The minimum absolute atomic E-state index is 0.170. The zero-order chi connectivity index (χ0) is 19.5. The van der Waals surface area contributed by atoms with Crippen molar-refractivity contribution >= 4 is 5.91 Å². The Morgan fingerprint density at radius 3 is 2.64 bits per heavy atom. The molecule has 0 saturated heterocycles. The van der Waals surface area contributed by atoms with E-state index in [1.807, 2.05) is 25.1 Å². The minimum Gasteiger partial charge on any atom is -0.493 e. The molecule has 1 saturated carbocycles. The maximum absolute atomic E-state index is 12.6. The molecule has 1 atom stereocenters. The number of nitrogens with one attached hydrogen (secondary N) is 1. The van der Waals surface area contributed by atoms with E-state index in [-0.39, 0.29) is 24.8 Å². The van der Waals surface area contributed by atoms with E-state index in [0.29, 0.717) is 22.8 Å². The van der Waals surface area contributed by atoms with Gasteiger partial charge in [-0.25, -0.2) is 0 Å². The van der Waals surface area contributed by atoms with Crippen molar-refractivity contribution in [2.45, 2.75) is 44.8 Å². The number of fused-ring (bicyclic) bond motifs is 1. The zero-order valence-corrected chi connectivity index (χ0v) is 16.2. The molecular weight excluding hydrogens is 358 g/mol. The molecule has 1 amide bonds. The van der Waals surface area contributed by atoms with Crippen LogP contribution in [-0.2, 0) is 0 Å². The number of rotatable bonds is 6. The predicted octanol–water partition coefficient (Wildman–Crippen LogP) is 4.24. The molecule has 2 aromatic carbocycles. The first-order chi connectivity index (χ1) is 13.6. The topological polar surface area (TPSA) is 66.0 Å². The summed E-state index contributed by atoms with van der Waals surface area (Å²) in [4.78, 5) is 12.6. The average Bonchev–Trinajstić information content (AvgIpc) is 3.39. The van der Waals surface area contributed by atoms with Crippen LogP contribution < -0.4 is 24.3 Å². The number of amides is 1. The van der Waals surface area contributed by atoms with Crippen molar-refractivity contribution in [3.63, 3.8) is 0 Å². The van der Waals surface area contributed by atoms with E-state index in [2.05, 4.69) is 5.32 Å². The number of methoxy groups -OCH3 is 1. The molecule has 148 valence electrons. The third kappa shape index (κ3) is 3.86. The van der Waals surface area contributed by atoms with Crippen molar-refractivity contribution in [2.75, 3.05) is 13.9 Å². The lowest BCUT2D eigenvalue weighted by molar-refractivity contribution is 0.0939. The van der Waals surface area contributed by atoms with Crippen LogP contribution in [0.3, 0.4) is 0 Å². The third-order valence-electron chi connectivity index (χ3n) is 5.27. The summed E-state index contributed by atoms with van der Waals surface area (Å²) in [6.07, 6.45) is 4.88. The van der Waals surface area contributed by atoms with E-state index in [4.69, 9.17) is 18.9 Å². The Morgan fingerprint density at radius 2 is 1.86 bits per heavy atom. The van der Waals surface area contributed by atoms with Crippen LogP contribution in [0.4, 0.5) is 0 Å². The molecule has 1 fully saturated rings. The fourth-order valence-electron chi connectivity index (χ4n) is 3.64. The number of carbonyl (C=O) groups excluding carboxylic acids is 1. The molecule has 0 spiro atoms. The van der Waals surface area contributed by atoms with Gasteiger partial charge in [0.2, 0.25) is 6.79 Å². The van der Waals surface area contributed by atoms with Crippen LogP contribution in [0.1, 0.15) is 54.6 Å². The largest absolute Gasteiger partial charge is 0.493 e. The molecule has 6 nitrogen and oxygen atoms in total. The van der Waals surface area contributed by atoms with Crippen LogP contribution >= 0.6 is 0 Å². The van der Waals surface area contributed by atoms with Crippen LogP contribution in [-0.4, -0.2) is 25.9 Å². The maximum atomic E-state index is 12.6. The fraction of sp³-hybridized carbons (Fsp3) is 0.409. The molecule has 4 rings (SSSR count). The van der Waals surface area contributed by atoms with E-state index in [1.165, 1.54) is 12.8 Å². The van der Waals surface area contributed by atoms with E-state index in [1.54, 1.807) is 25.3 Å². The van der Waals surface area contributed by atoms with Crippen molar-refractivity contribution in [2.24, 2.45) is 0 Å². The van der Waals surface area contributed by atoms with Gasteiger partial charge in [0.05, 0.1) is 19.3 Å². The first-order valence-electron chi connectivity index (χ1n) is 9.69. The molecule has 0 aromatic heterocycles. The van der Waals surface area contributed by atoms with E-state index in [0.717, 1.165) is 24.2 Å². The highest BCUT2D eigenvalue weighted by Gasteiger charge is 2.21. The van der Waals surface area contributed by atoms with Gasteiger partial charge in [0.15, 0.2) is 23.0 Å². The van der Waals surface area contributed by atoms with Crippen molar-refractivity contribution in [1.82, 2.24) is 5.32 Å². The van der Waals surface area contributed by atoms with Gasteiger partial charge >= 0.3 is 0 Å². The number of hydrogen-bond acceptors (Lipinski definition) is 5. The normalized spacial score (nSPS) is 16.6. The summed E-state index contributed by atoms with van der Waals surface area (Å²) in [5, 5.41) is 3.02. The molecule has 2 aliphatic rings. The van der Waals surface area contributed by atoms with Crippen molar-refractivity contribution < 1.29 is 23.7 Å². The number of ether oxygens (including phenoxy) is 4. The van der Waals surface area contributed by atoms with Gasteiger partial charge in [0.25, 0.3) is 5.91 Å². The number of carbonyl (C=O) groups is 1. The monoisotopic (exact) mass is 383 g/mol. The zero-order valence-electron chi connectivity index (χ0n) is 16.2. The molecule has 0 bridgehead atoms. The summed E-state index contributed by atoms with van der Waals surface area (Å²) in [6.45, 7) is 2.13. The molecular formula is C22H25NO5. The van der Waals surface area contributed by atoms with Gasteiger partial charge in [-0.05, 0) is 68.5 Å². The van der Waals surface area contributed by atoms with E-state index in [9.17, 15) is 4.79 Å². The van der Waals surface area contributed by atoms with Gasteiger partial charge in [-0.2, -0.15) is 0 Å². The smallest absolute Gasteiger partial charge is 0.251 e. The summed E-state index contributed by atoms with van der Waals surface area (Å²) in [5.41, 5.74) is 1.48. The lowest BCUT2D eigenvalue weighted by Gasteiger charge is -2.19. The highest BCUT2D eigenvalue weighted by molar-refractivity contribution is 5.95. The van der Waals surface area contributed by atoms with Crippen molar-refractivity contribution in [3.05, 3.63) is 47.5 Å². The average molecular weight is 383 g/mol. The summed E-state index contributed by atoms with van der Waals surface area (Å²) < 4.78 is 22.2. The Kier molecular flexibility index (Phi) is 5.28. The highest BCUT2D eigenvalue weighted by atomic mass is 16.7. The summed E-state index contributed by atoms with van der Waals surface area (Å²) in [6, 6.07) is 10.8. The van der Waals surface area contributed by atoms with Gasteiger partial charge in [0, 0.05) is 5.56 Å². The standard InChI is InChI=1S/C22H25NO5/c1-14(23-22(24)16-8-9-18-21(12-16)27-13-26-18)15-7-10-19(20(11-15)25-2)28-17-5-3-4-6-17/h7-12,14,17H,3-6,13H2,1-2H3,(H,23,24)/t14-/m0/s1. The Bertz CT molecular complexity index is 860. The molecule has 28 heavy (non-hydrogen) atoms. The molecule has 6 heteroatoms. The number of hydrogen-bond donors (Lipinski definition) is 1. The first kappa shape index (κ1) is 18.5. The lowest BCUT2D eigenvalue weighted by Crippen LogP contribution is -2.26. The summed E-state index contributed by atoms with van der Waals surface area (Å²) in [5.74, 6) is 2.53. The van der Waals surface area contributed by atoms with Gasteiger partial charge in [0.1, 0.15) is 0 Å². The Morgan fingerprint density at radius 1 is 1.07 bits per heavy atom. The van der Waals surface area contributed by atoms with Gasteiger partial charge < -0.3 is 24.3 Å². The van der Waals surface area contributed by atoms with E-state index >= 15 is 0 Å². The van der Waals surface area contributed by atoms with Crippen molar-refractivity contribution in [1.29, 1.82) is 0 Å². The van der Waals surface area contributed by atoms with Crippen LogP contribution in [0.25, 0.3) is 0 Å². The van der Waals surface area contributed by atoms with Crippen LogP contribution in [0.15, 0.2) is 36.4 Å². The summed E-state index contributed by atoms with van der Waals surface area (Å²) >= 11 is 0. The van der Waals surface area contributed by atoms with Gasteiger partial charge in [-0.15, -0.1) is 0 Å². The van der Waals surface area contributed by atoms with E-state index < -0.39 is 0 Å². The predicted molar refractivity (Wildman–Crippen MR) is 104 cm³/mol. The van der Waals surface area contributed by atoms with Crippen LogP contribution in [0.5, 0.6) is 23.0 Å². The Labute approximate surface area is 164 Å². The summed E-state index contributed by atoms with van der Waals surface area (Å²) in [7, 11) is 1.64. The Hall–Kier alpha value is -2.89. The molecule has 1 heterocycles. The second-order valence-electron chi connectivity index (χ2n) is 7.20. The van der Waals surface area contributed by atoms with Gasteiger partial charge in [-0.3, -0.25) is 4.79 Å². The molecule has 1 aliphatic heterocycles. The molecule has 1 N–H and O–H groups in total. The maximum Gasteiger partial charge on any atom is 0.251 e. The second-order valence-corrected chi connectivity index (χ2v) is 7.20. The SMILES string of the molecule is COc1cc([C@H](C)NC(=O)c2ccc3c(c2)OCO3)ccc1OC1CCCC1. The van der Waals surface area contributed by atoms with Crippen LogP contribution in [0.2, 0.25) is 0 Å². The van der Waals surface area contributed by atoms with Crippen LogP contribution in [0, 0.1) is 0 Å². The minimum atomic E-state index is -0.188.